The van der Waals surface area contributed by atoms with Crippen molar-refractivity contribution in [3.8, 4) is 28.0 Å². The lowest BCUT2D eigenvalue weighted by Gasteiger charge is -2.27. The summed E-state index contributed by atoms with van der Waals surface area (Å²) in [4.78, 5) is 12.7. The van der Waals surface area contributed by atoms with Crippen molar-refractivity contribution < 1.29 is 9.47 Å². The third kappa shape index (κ3) is 4.20. The maximum atomic E-state index is 9.17. The molecule has 0 bridgehead atoms. The van der Waals surface area contributed by atoms with Gasteiger partial charge in [0.1, 0.15) is 17.3 Å². The average molecular weight is 505 g/mol. The maximum absolute atomic E-state index is 9.17. The lowest BCUT2D eigenvalue weighted by molar-refractivity contribution is 0.415. The van der Waals surface area contributed by atoms with Gasteiger partial charge in [0.25, 0.3) is 5.70 Å². The fraction of sp³-hybridized carbons (Fsp3) is 0.167. The molecule has 1 aliphatic rings. The summed E-state index contributed by atoms with van der Waals surface area (Å²) in [5.74, 6) is 2.37. The molecule has 2 aromatic carbocycles. The van der Waals surface area contributed by atoms with E-state index < -0.39 is 0 Å². The normalized spacial score (nSPS) is 13.2. The molecular weight excluding hydrogens is 480 g/mol. The van der Waals surface area contributed by atoms with Crippen molar-refractivity contribution in [1.29, 1.82) is 5.26 Å². The lowest BCUT2D eigenvalue weighted by Crippen LogP contribution is -2.19. The quantitative estimate of drug-likeness (QED) is 0.199. The van der Waals surface area contributed by atoms with Crippen LogP contribution in [-0.2, 0) is 5.41 Å². The van der Waals surface area contributed by atoms with Crippen molar-refractivity contribution >= 4 is 34.6 Å². The largest absolute Gasteiger partial charge is 0.497 e. The third-order valence-electron chi connectivity index (χ3n) is 6.55. The van der Waals surface area contributed by atoms with Crippen LogP contribution in [0.15, 0.2) is 72.4 Å². The number of allylic oxidation sites excluding steroid dienone is 1. The molecule has 0 spiro atoms. The number of nitriles is 1. The Hall–Kier alpha value is -4.59. The van der Waals surface area contributed by atoms with E-state index in [4.69, 9.17) is 26.3 Å². The topological polar surface area (TPSA) is 62.7 Å². The van der Waals surface area contributed by atoms with Crippen molar-refractivity contribution in [3.63, 3.8) is 0 Å². The molecule has 0 amide bonds. The van der Waals surface area contributed by atoms with Gasteiger partial charge in [0.2, 0.25) is 0 Å². The van der Waals surface area contributed by atoms with Gasteiger partial charge in [-0.1, -0.05) is 13.8 Å². The zero-order valence-corrected chi connectivity index (χ0v) is 21.8. The number of hydrogen-bond donors (Lipinski definition) is 0. The summed E-state index contributed by atoms with van der Waals surface area (Å²) in [6.07, 6.45) is 1.66. The second-order valence-electron chi connectivity index (χ2n) is 9.07. The summed E-state index contributed by atoms with van der Waals surface area (Å²) >= 11 is 1.59. The van der Waals surface area contributed by atoms with E-state index in [0.29, 0.717) is 0 Å². The van der Waals surface area contributed by atoms with Crippen LogP contribution in [0.1, 0.15) is 30.0 Å². The summed E-state index contributed by atoms with van der Waals surface area (Å²) < 4.78 is 10.7. The zero-order chi connectivity index (χ0) is 26.2. The summed E-state index contributed by atoms with van der Waals surface area (Å²) in [6.45, 7) is 11.5. The van der Waals surface area contributed by atoms with Gasteiger partial charge in [-0.15, -0.1) is 11.3 Å². The van der Waals surface area contributed by atoms with E-state index in [1.54, 1.807) is 31.6 Å². The van der Waals surface area contributed by atoms with E-state index >= 15 is 0 Å². The molecule has 182 valence electrons. The number of nitrogens with zero attached hydrogens (tertiary/aromatic N) is 4. The fourth-order valence-corrected chi connectivity index (χ4v) is 5.89. The number of ether oxygens (including phenoxy) is 2. The first kappa shape index (κ1) is 24.1. The van der Waals surface area contributed by atoms with Gasteiger partial charge >= 0.3 is 0 Å². The summed E-state index contributed by atoms with van der Waals surface area (Å²) in [5, 5.41) is 9.17. The monoisotopic (exact) mass is 504 g/mol. The van der Waals surface area contributed by atoms with Crippen molar-refractivity contribution in [2.24, 2.45) is 0 Å². The molecule has 5 rings (SSSR count). The molecule has 0 fully saturated rings. The Kier molecular flexibility index (Phi) is 6.17. The molecule has 6 nitrogen and oxygen atoms in total. The lowest BCUT2D eigenvalue weighted by atomic mass is 9.86. The maximum Gasteiger partial charge on any atom is 0.263 e. The van der Waals surface area contributed by atoms with E-state index in [0.717, 1.165) is 55.3 Å². The second kappa shape index (κ2) is 9.46. The number of pyridine rings is 1. The van der Waals surface area contributed by atoms with E-state index in [2.05, 4.69) is 35.7 Å². The van der Waals surface area contributed by atoms with E-state index in [-0.39, 0.29) is 11.1 Å². The minimum Gasteiger partial charge on any atom is -0.497 e. The number of thiophene rings is 1. The highest BCUT2D eigenvalue weighted by molar-refractivity contribution is 7.16. The van der Waals surface area contributed by atoms with Crippen molar-refractivity contribution in [2.45, 2.75) is 19.3 Å². The standard InChI is InChI=1S/C30H24N4O2S/c1-30(2)26-17-24(16-19(18-31)32-3)37-28(26)25-14-15-27(33-29(25)30)34(20-6-10-22(35-4)11-7-20)21-8-12-23(36-5)13-9-21/h6-17H,1-2,4-5H3/b19-16-. The Bertz CT molecular complexity index is 1520. The van der Waals surface area contributed by atoms with Gasteiger partial charge in [-0.2, -0.15) is 0 Å². The molecule has 0 atom stereocenters. The molecule has 7 heteroatoms. The highest BCUT2D eigenvalue weighted by Gasteiger charge is 2.39. The molecule has 0 saturated carbocycles. The number of hydrogen-bond acceptors (Lipinski definition) is 6. The van der Waals surface area contributed by atoms with Crippen LogP contribution in [0, 0.1) is 17.9 Å². The first-order valence-electron chi connectivity index (χ1n) is 11.6. The van der Waals surface area contributed by atoms with Gasteiger partial charge in [0, 0.05) is 32.1 Å². The molecule has 1 aliphatic carbocycles. The minimum absolute atomic E-state index is 0.0843. The summed E-state index contributed by atoms with van der Waals surface area (Å²) in [5.41, 5.74) is 4.91. The van der Waals surface area contributed by atoms with Crippen molar-refractivity contribution in [3.05, 3.63) is 100.0 Å². The molecule has 0 aliphatic heterocycles. The SMILES string of the molecule is [C-]#[N+]/C(C#N)=C\c1cc2c(s1)-c1ccc(N(c3ccc(OC)cc3)c3ccc(OC)cc3)nc1C2(C)C. The van der Waals surface area contributed by atoms with Crippen LogP contribution in [0.25, 0.3) is 21.4 Å². The van der Waals surface area contributed by atoms with Crippen LogP contribution < -0.4 is 14.4 Å². The van der Waals surface area contributed by atoms with Crippen molar-refractivity contribution in [2.75, 3.05) is 19.1 Å². The first-order valence-corrected chi connectivity index (χ1v) is 12.4. The Morgan fingerprint density at radius 1 is 1.00 bits per heavy atom. The summed E-state index contributed by atoms with van der Waals surface area (Å²) in [6, 6.07) is 24.0. The zero-order valence-electron chi connectivity index (χ0n) is 20.9. The Morgan fingerprint density at radius 3 is 2.11 bits per heavy atom. The Morgan fingerprint density at radius 2 is 1.59 bits per heavy atom. The number of fused-ring (bicyclic) bond motifs is 3. The van der Waals surface area contributed by atoms with Crippen LogP contribution in [0.4, 0.5) is 17.2 Å². The molecule has 0 saturated heterocycles. The number of benzene rings is 2. The number of methoxy groups -OCH3 is 2. The molecule has 37 heavy (non-hydrogen) atoms. The molecular formula is C30H24N4O2S. The van der Waals surface area contributed by atoms with Crippen LogP contribution in [0.2, 0.25) is 0 Å². The Labute approximate surface area is 220 Å². The number of rotatable bonds is 6. The van der Waals surface area contributed by atoms with E-state index in [9.17, 15) is 0 Å². The predicted octanol–water partition coefficient (Wildman–Crippen LogP) is 7.72. The highest BCUT2D eigenvalue weighted by atomic mass is 32.1. The van der Waals surface area contributed by atoms with Gasteiger partial charge in [0.05, 0.1) is 32.6 Å². The van der Waals surface area contributed by atoms with Gasteiger partial charge in [0.15, 0.2) is 0 Å². The van der Waals surface area contributed by atoms with Crippen LogP contribution in [-0.4, -0.2) is 19.2 Å². The third-order valence-corrected chi connectivity index (χ3v) is 7.66. The van der Waals surface area contributed by atoms with Crippen LogP contribution in [0.3, 0.4) is 0 Å². The second-order valence-corrected chi connectivity index (χ2v) is 10.2. The van der Waals surface area contributed by atoms with E-state index in [1.165, 1.54) is 0 Å². The number of anilines is 3. The molecule has 0 unspecified atom stereocenters. The molecule has 0 N–H and O–H groups in total. The van der Waals surface area contributed by atoms with Gasteiger partial charge in [-0.05, 0) is 78.4 Å². The van der Waals surface area contributed by atoms with Gasteiger partial charge in [-0.3, -0.25) is 4.90 Å². The minimum atomic E-state index is -0.334. The molecule has 0 radical (unpaired) electrons. The highest BCUT2D eigenvalue weighted by Crippen LogP contribution is 2.52. The molecule has 2 aromatic heterocycles. The first-order chi connectivity index (χ1) is 17.9. The fourth-order valence-electron chi connectivity index (χ4n) is 4.61. The van der Waals surface area contributed by atoms with Crippen molar-refractivity contribution in [1.82, 2.24) is 4.98 Å². The predicted molar refractivity (Wildman–Crippen MR) is 148 cm³/mol. The average Bonchev–Trinajstić information content (AvgIpc) is 3.44. The van der Waals surface area contributed by atoms with E-state index in [1.807, 2.05) is 60.7 Å². The van der Waals surface area contributed by atoms with Crippen LogP contribution >= 0.6 is 11.3 Å². The van der Waals surface area contributed by atoms with Gasteiger partial charge < -0.3 is 9.47 Å². The van der Waals surface area contributed by atoms with Crippen LogP contribution in [0.5, 0.6) is 11.5 Å². The smallest absolute Gasteiger partial charge is 0.263 e. The number of aromatic nitrogens is 1. The van der Waals surface area contributed by atoms with Gasteiger partial charge in [-0.25, -0.2) is 15.1 Å². The Balaban J connectivity index is 1.62. The molecule has 2 heterocycles. The molecule has 4 aromatic rings. The summed E-state index contributed by atoms with van der Waals surface area (Å²) in [7, 11) is 3.31.